The second-order valence-electron chi connectivity index (χ2n) is 5.33. The van der Waals surface area contributed by atoms with E-state index < -0.39 is 0 Å². The number of nitrogens with zero attached hydrogens (tertiary/aromatic N) is 2. The Morgan fingerprint density at radius 2 is 2.12 bits per heavy atom. The van der Waals surface area contributed by atoms with Gasteiger partial charge in [-0.05, 0) is 42.3 Å². The quantitative estimate of drug-likeness (QED) is 0.679. The third-order valence-corrected chi connectivity index (χ3v) is 3.71. The maximum Gasteiger partial charge on any atom is 0.270 e. The van der Waals surface area contributed by atoms with Crippen molar-refractivity contribution >= 4 is 23.5 Å². The van der Waals surface area contributed by atoms with E-state index >= 15 is 0 Å². The first-order valence-corrected chi connectivity index (χ1v) is 8.20. The Morgan fingerprint density at radius 3 is 2.92 bits per heavy atom. The number of rotatable bonds is 7. The van der Waals surface area contributed by atoms with Gasteiger partial charge < -0.3 is 15.1 Å². The highest BCUT2D eigenvalue weighted by molar-refractivity contribution is 6.30. The fraction of sp³-hybridized carbons (Fsp3) is 0.167. The molecule has 1 amide bonds. The van der Waals surface area contributed by atoms with Gasteiger partial charge in [-0.3, -0.25) is 4.79 Å². The number of anilines is 1. The van der Waals surface area contributed by atoms with Crippen LogP contribution in [0.2, 0.25) is 5.02 Å². The smallest absolute Gasteiger partial charge is 0.270 e. The lowest BCUT2D eigenvalue weighted by Crippen LogP contribution is -2.26. The second kappa shape index (κ2) is 8.30. The Morgan fingerprint density at radius 1 is 1.20 bits per heavy atom. The number of hydrogen-bond acceptors (Lipinski definition) is 5. The minimum Gasteiger partial charge on any atom is -0.467 e. The first-order valence-electron chi connectivity index (χ1n) is 7.82. The predicted octanol–water partition coefficient (Wildman–Crippen LogP) is 3.31. The van der Waals surface area contributed by atoms with Crippen molar-refractivity contribution in [1.29, 1.82) is 0 Å². The molecule has 3 aromatic rings. The third-order valence-electron chi connectivity index (χ3n) is 3.48. The molecule has 0 atom stereocenters. The van der Waals surface area contributed by atoms with Crippen LogP contribution < -0.4 is 10.6 Å². The molecule has 7 heteroatoms. The van der Waals surface area contributed by atoms with Crippen LogP contribution >= 0.6 is 11.6 Å². The molecule has 0 unspecified atom stereocenters. The van der Waals surface area contributed by atoms with Gasteiger partial charge in [0.15, 0.2) is 0 Å². The van der Waals surface area contributed by atoms with Crippen molar-refractivity contribution in [2.45, 2.75) is 13.0 Å². The number of carbonyl (C=O) groups excluding carboxylic acids is 1. The minimum atomic E-state index is -0.245. The molecule has 2 heterocycles. The molecule has 0 aliphatic carbocycles. The molecule has 128 valence electrons. The highest BCUT2D eigenvalue weighted by Crippen LogP contribution is 2.11. The number of amides is 1. The van der Waals surface area contributed by atoms with Gasteiger partial charge in [0.2, 0.25) is 5.95 Å². The molecule has 0 spiro atoms. The molecule has 2 aromatic heterocycles. The molecule has 0 aliphatic rings. The molecule has 0 radical (unpaired) electrons. The maximum absolute atomic E-state index is 12.2. The molecule has 2 N–H and O–H groups in total. The summed E-state index contributed by atoms with van der Waals surface area (Å²) < 4.78 is 5.23. The summed E-state index contributed by atoms with van der Waals surface area (Å²) in [5.74, 6) is 0.893. The van der Waals surface area contributed by atoms with Crippen molar-refractivity contribution in [1.82, 2.24) is 15.3 Å². The molecule has 0 bridgehead atoms. The summed E-state index contributed by atoms with van der Waals surface area (Å²) in [4.78, 5) is 20.5. The third kappa shape index (κ3) is 5.06. The molecule has 0 saturated heterocycles. The summed E-state index contributed by atoms with van der Waals surface area (Å²) in [5, 5.41) is 6.55. The molecule has 0 aliphatic heterocycles. The summed E-state index contributed by atoms with van der Waals surface area (Å²) >= 11 is 5.95. The largest absolute Gasteiger partial charge is 0.467 e. The lowest BCUT2D eigenvalue weighted by molar-refractivity contribution is 0.0949. The van der Waals surface area contributed by atoms with Crippen LogP contribution in [0.1, 0.15) is 21.8 Å². The summed E-state index contributed by atoms with van der Waals surface area (Å²) in [7, 11) is 0. The van der Waals surface area contributed by atoms with E-state index in [2.05, 4.69) is 20.6 Å². The fourth-order valence-electron chi connectivity index (χ4n) is 2.25. The molecule has 1 aromatic carbocycles. The van der Waals surface area contributed by atoms with Gasteiger partial charge in [-0.25, -0.2) is 9.97 Å². The van der Waals surface area contributed by atoms with E-state index in [1.165, 1.54) is 0 Å². The van der Waals surface area contributed by atoms with Crippen LogP contribution in [0.5, 0.6) is 0 Å². The van der Waals surface area contributed by atoms with Crippen LogP contribution in [0.15, 0.2) is 59.3 Å². The van der Waals surface area contributed by atoms with Crippen LogP contribution in [0, 0.1) is 0 Å². The first kappa shape index (κ1) is 17.0. The Labute approximate surface area is 150 Å². The normalized spacial score (nSPS) is 10.4. The van der Waals surface area contributed by atoms with Crippen LogP contribution in [0.3, 0.4) is 0 Å². The van der Waals surface area contributed by atoms with Crippen molar-refractivity contribution in [2.24, 2.45) is 0 Å². The van der Waals surface area contributed by atoms with Gasteiger partial charge >= 0.3 is 0 Å². The first-order chi connectivity index (χ1) is 12.2. The van der Waals surface area contributed by atoms with E-state index in [9.17, 15) is 4.79 Å². The molecule has 3 rings (SSSR count). The van der Waals surface area contributed by atoms with Crippen LogP contribution in [-0.4, -0.2) is 22.4 Å². The van der Waals surface area contributed by atoms with Gasteiger partial charge in [0.05, 0.1) is 12.8 Å². The summed E-state index contributed by atoms with van der Waals surface area (Å²) in [5.41, 5.74) is 1.37. The Hall–Kier alpha value is -2.86. The summed E-state index contributed by atoms with van der Waals surface area (Å²) in [6, 6.07) is 12.8. The number of hydrogen-bond donors (Lipinski definition) is 2. The van der Waals surface area contributed by atoms with Gasteiger partial charge in [0, 0.05) is 17.8 Å². The Kier molecular flexibility index (Phi) is 5.64. The van der Waals surface area contributed by atoms with Crippen LogP contribution in [0.4, 0.5) is 5.95 Å². The summed E-state index contributed by atoms with van der Waals surface area (Å²) in [6.07, 6.45) is 3.84. The zero-order chi connectivity index (χ0) is 17.5. The molecule has 0 fully saturated rings. The number of furan rings is 1. The van der Waals surface area contributed by atoms with Gasteiger partial charge in [-0.15, -0.1) is 0 Å². The van der Waals surface area contributed by atoms with Gasteiger partial charge in [0.1, 0.15) is 11.5 Å². The lowest BCUT2D eigenvalue weighted by atomic mass is 10.1. The number of benzene rings is 1. The molecular weight excluding hydrogens is 340 g/mol. The molecular formula is C18H17ClN4O2. The zero-order valence-electron chi connectivity index (χ0n) is 13.4. The molecule has 6 nitrogen and oxygen atoms in total. The van der Waals surface area contributed by atoms with E-state index in [-0.39, 0.29) is 5.91 Å². The topological polar surface area (TPSA) is 80.0 Å². The van der Waals surface area contributed by atoms with Gasteiger partial charge in [-0.1, -0.05) is 23.7 Å². The van der Waals surface area contributed by atoms with Crippen LogP contribution in [-0.2, 0) is 13.0 Å². The van der Waals surface area contributed by atoms with Gasteiger partial charge in [0.25, 0.3) is 5.91 Å². The fourth-order valence-corrected chi connectivity index (χ4v) is 2.47. The average Bonchev–Trinajstić information content (AvgIpc) is 3.14. The number of halogens is 1. The zero-order valence-corrected chi connectivity index (χ0v) is 14.2. The van der Waals surface area contributed by atoms with E-state index in [4.69, 9.17) is 16.0 Å². The lowest BCUT2D eigenvalue weighted by Gasteiger charge is -2.07. The van der Waals surface area contributed by atoms with Crippen molar-refractivity contribution < 1.29 is 9.21 Å². The monoisotopic (exact) mass is 356 g/mol. The van der Waals surface area contributed by atoms with E-state index in [1.807, 2.05) is 36.4 Å². The predicted molar refractivity (Wildman–Crippen MR) is 95.6 cm³/mol. The van der Waals surface area contributed by atoms with E-state index in [0.29, 0.717) is 36.2 Å². The number of carbonyl (C=O) groups is 1. The Balaban J connectivity index is 1.52. The number of aromatic nitrogens is 2. The van der Waals surface area contributed by atoms with Crippen LogP contribution in [0.25, 0.3) is 0 Å². The minimum absolute atomic E-state index is 0.245. The molecule has 25 heavy (non-hydrogen) atoms. The highest BCUT2D eigenvalue weighted by atomic mass is 35.5. The number of nitrogens with one attached hydrogen (secondary N) is 2. The molecule has 0 saturated carbocycles. The van der Waals surface area contributed by atoms with Crippen molar-refractivity contribution in [3.8, 4) is 0 Å². The van der Waals surface area contributed by atoms with E-state index in [1.54, 1.807) is 18.5 Å². The Bertz CT molecular complexity index is 837. The maximum atomic E-state index is 12.2. The second-order valence-corrected chi connectivity index (χ2v) is 5.77. The highest BCUT2D eigenvalue weighted by Gasteiger charge is 2.08. The van der Waals surface area contributed by atoms with Gasteiger partial charge in [-0.2, -0.15) is 0 Å². The SMILES string of the molecule is O=C(NCCc1cccc(Cl)c1)c1ccnc(NCc2ccco2)n1. The van der Waals surface area contributed by atoms with Crippen molar-refractivity contribution in [3.63, 3.8) is 0 Å². The average molecular weight is 357 g/mol. The van der Waals surface area contributed by atoms with Crippen molar-refractivity contribution in [2.75, 3.05) is 11.9 Å². The van der Waals surface area contributed by atoms with Crippen molar-refractivity contribution in [3.05, 3.63) is 77.0 Å². The standard InChI is InChI=1S/C18H17ClN4O2/c19-14-4-1-3-13(11-14)6-8-20-17(24)16-7-9-21-18(23-16)22-12-15-5-2-10-25-15/h1-5,7,9-11H,6,8,12H2,(H,20,24)(H,21,22,23). The van der Waals surface area contributed by atoms with E-state index in [0.717, 1.165) is 11.3 Å². The summed E-state index contributed by atoms with van der Waals surface area (Å²) in [6.45, 7) is 0.950.